The van der Waals surface area contributed by atoms with Gasteiger partial charge in [0.1, 0.15) is 19.0 Å². The number of fused-ring (bicyclic) bond motifs is 1. The van der Waals surface area contributed by atoms with Gasteiger partial charge in [-0.15, -0.1) is 0 Å². The van der Waals surface area contributed by atoms with E-state index in [2.05, 4.69) is 20.7 Å². The van der Waals surface area contributed by atoms with E-state index in [0.717, 1.165) is 16.5 Å². The van der Waals surface area contributed by atoms with E-state index >= 15 is 0 Å². The van der Waals surface area contributed by atoms with Crippen LogP contribution in [0.1, 0.15) is 11.1 Å². The lowest BCUT2D eigenvalue weighted by Gasteiger charge is -2.10. The normalized spacial score (nSPS) is 14.0. The number of benzene rings is 1. The molecule has 7 heteroatoms. The molecule has 0 unspecified atom stereocenters. The van der Waals surface area contributed by atoms with E-state index in [-0.39, 0.29) is 6.42 Å². The van der Waals surface area contributed by atoms with Crippen LogP contribution in [0.5, 0.6) is 5.75 Å². The van der Waals surface area contributed by atoms with Gasteiger partial charge in [-0.25, -0.2) is 0 Å². The molecule has 0 aromatic heterocycles. The lowest BCUT2D eigenvalue weighted by molar-refractivity contribution is -0.175. The zero-order chi connectivity index (χ0) is 14.8. The van der Waals surface area contributed by atoms with Crippen molar-refractivity contribution in [2.45, 2.75) is 19.0 Å². The van der Waals surface area contributed by atoms with Crippen molar-refractivity contribution in [1.29, 1.82) is 0 Å². The highest BCUT2D eigenvalue weighted by Gasteiger charge is 2.28. The van der Waals surface area contributed by atoms with Gasteiger partial charge >= 0.3 is 6.18 Å². The van der Waals surface area contributed by atoms with Gasteiger partial charge in [0, 0.05) is 22.9 Å². The average Bonchev–Trinajstić information content (AvgIpc) is 2.74. The zero-order valence-corrected chi connectivity index (χ0v) is 12.0. The number of hydrogen-bond acceptors (Lipinski definition) is 3. The van der Waals surface area contributed by atoms with Gasteiger partial charge in [0.2, 0.25) is 0 Å². The molecule has 1 aliphatic heterocycles. The van der Waals surface area contributed by atoms with Crippen molar-refractivity contribution in [3.63, 3.8) is 0 Å². The van der Waals surface area contributed by atoms with Crippen LogP contribution in [0, 0.1) is 0 Å². The predicted octanol–water partition coefficient (Wildman–Crippen LogP) is 3.07. The maximum Gasteiger partial charge on any atom is 0.411 e. The first-order valence-electron chi connectivity index (χ1n) is 5.95. The van der Waals surface area contributed by atoms with Gasteiger partial charge in [-0.1, -0.05) is 15.9 Å². The van der Waals surface area contributed by atoms with E-state index in [0.29, 0.717) is 17.9 Å². The van der Waals surface area contributed by atoms with E-state index in [1.165, 1.54) is 0 Å². The summed E-state index contributed by atoms with van der Waals surface area (Å²) in [6, 6.07) is 3.66. The number of carbonyl (C=O) groups excluding carboxylic acids is 1. The van der Waals surface area contributed by atoms with Gasteiger partial charge in [-0.3, -0.25) is 4.79 Å². The van der Waals surface area contributed by atoms with E-state index in [4.69, 9.17) is 4.74 Å². The monoisotopic (exact) mass is 352 g/mol. The molecule has 110 valence electrons. The second-order valence-corrected chi connectivity index (χ2v) is 5.39. The summed E-state index contributed by atoms with van der Waals surface area (Å²) in [5.74, 6) is 0.252. The molecule has 0 saturated carbocycles. The Balaban J connectivity index is 1.95. The highest BCUT2D eigenvalue weighted by molar-refractivity contribution is 9.10. The van der Waals surface area contributed by atoms with Crippen molar-refractivity contribution in [3.8, 4) is 5.75 Å². The minimum atomic E-state index is -4.42. The van der Waals surface area contributed by atoms with Crippen molar-refractivity contribution in [1.82, 2.24) is 0 Å². The maximum atomic E-state index is 11.9. The van der Waals surface area contributed by atoms with Crippen molar-refractivity contribution in [3.05, 3.63) is 27.7 Å². The number of rotatable bonds is 5. The number of hydrogen-bond donors (Lipinski definition) is 0. The minimum Gasteiger partial charge on any atom is -0.493 e. The van der Waals surface area contributed by atoms with Crippen molar-refractivity contribution < 1.29 is 27.4 Å². The Morgan fingerprint density at radius 1 is 1.40 bits per heavy atom. The molecule has 3 nitrogen and oxygen atoms in total. The summed E-state index contributed by atoms with van der Waals surface area (Å²) in [6.45, 7) is -1.41. The lowest BCUT2D eigenvalue weighted by Crippen LogP contribution is -2.21. The van der Waals surface area contributed by atoms with Crippen molar-refractivity contribution in [2.75, 3.05) is 19.8 Å². The number of halogens is 4. The van der Waals surface area contributed by atoms with Crippen LogP contribution in [0.2, 0.25) is 0 Å². The summed E-state index contributed by atoms with van der Waals surface area (Å²) in [5, 5.41) is 0. The fourth-order valence-electron chi connectivity index (χ4n) is 2.02. The van der Waals surface area contributed by atoms with Crippen molar-refractivity contribution in [2.24, 2.45) is 0 Å². The van der Waals surface area contributed by atoms with Gasteiger partial charge in [0.25, 0.3) is 0 Å². The molecule has 0 spiro atoms. The van der Waals surface area contributed by atoms with Crippen LogP contribution in [0.4, 0.5) is 13.2 Å². The fraction of sp³-hybridized carbons (Fsp3) is 0.462. The lowest BCUT2D eigenvalue weighted by atomic mass is 10.0. The summed E-state index contributed by atoms with van der Waals surface area (Å²) in [7, 11) is 0. The number of Topliss-reactive ketones (excluding diaryl/α,β-unsaturated/α-hetero) is 1. The number of carbonyl (C=O) groups is 1. The quantitative estimate of drug-likeness (QED) is 0.816. The average molecular weight is 353 g/mol. The number of ether oxygens (including phenoxy) is 2. The Labute approximate surface area is 122 Å². The van der Waals surface area contributed by atoms with Gasteiger partial charge in [0.05, 0.1) is 6.61 Å². The molecule has 1 aliphatic rings. The SMILES string of the molecule is O=C(COCC(F)(F)F)Cc1cc(Br)cc2c1OCC2. The Morgan fingerprint density at radius 3 is 2.85 bits per heavy atom. The fourth-order valence-corrected chi connectivity index (χ4v) is 2.57. The van der Waals surface area contributed by atoms with E-state index < -0.39 is 25.2 Å². The summed E-state index contributed by atoms with van der Waals surface area (Å²) >= 11 is 3.34. The molecule has 0 aliphatic carbocycles. The molecule has 20 heavy (non-hydrogen) atoms. The smallest absolute Gasteiger partial charge is 0.411 e. The van der Waals surface area contributed by atoms with E-state index in [9.17, 15) is 18.0 Å². The molecule has 0 bridgehead atoms. The first kappa shape index (κ1) is 15.3. The largest absolute Gasteiger partial charge is 0.493 e. The molecule has 0 atom stereocenters. The van der Waals surface area contributed by atoms with Crippen LogP contribution in [0.25, 0.3) is 0 Å². The highest BCUT2D eigenvalue weighted by atomic mass is 79.9. The van der Waals surface area contributed by atoms with Crippen LogP contribution < -0.4 is 4.74 Å². The first-order chi connectivity index (χ1) is 9.35. The molecule has 2 rings (SSSR count). The summed E-state index contributed by atoms with van der Waals surface area (Å²) in [6.07, 6.45) is -3.65. The number of alkyl halides is 3. The second-order valence-electron chi connectivity index (χ2n) is 4.48. The molecule has 0 amide bonds. The molecule has 0 radical (unpaired) electrons. The highest BCUT2D eigenvalue weighted by Crippen LogP contribution is 2.33. The van der Waals surface area contributed by atoms with Gasteiger partial charge < -0.3 is 9.47 Å². The molecule has 0 saturated heterocycles. The van der Waals surface area contributed by atoms with Crippen LogP contribution in [-0.4, -0.2) is 31.8 Å². The molecular weight excluding hydrogens is 341 g/mol. The molecular formula is C13H12BrF3O3. The van der Waals surface area contributed by atoms with E-state index in [1.807, 2.05) is 6.07 Å². The Bertz CT molecular complexity index is 514. The molecule has 0 N–H and O–H groups in total. The van der Waals surface area contributed by atoms with Crippen LogP contribution in [-0.2, 0) is 22.4 Å². The Morgan fingerprint density at radius 2 is 2.15 bits per heavy atom. The Kier molecular flexibility index (Phi) is 4.70. The molecule has 1 aromatic rings. The van der Waals surface area contributed by atoms with E-state index in [1.54, 1.807) is 6.07 Å². The van der Waals surface area contributed by atoms with Gasteiger partial charge in [-0.05, 0) is 17.7 Å². The third kappa shape index (κ3) is 4.21. The first-order valence-corrected chi connectivity index (χ1v) is 6.75. The minimum absolute atomic E-state index is 0.000367. The number of ketones is 1. The van der Waals surface area contributed by atoms with Crippen LogP contribution >= 0.6 is 15.9 Å². The standard InChI is InChI=1S/C13H12BrF3O3/c14-10-3-8-1-2-20-12(8)9(4-10)5-11(18)6-19-7-13(15,16)17/h3-4H,1-2,5-7H2. The topological polar surface area (TPSA) is 35.5 Å². The zero-order valence-electron chi connectivity index (χ0n) is 10.4. The van der Waals surface area contributed by atoms with Gasteiger partial charge in [-0.2, -0.15) is 13.2 Å². The molecule has 1 aromatic carbocycles. The maximum absolute atomic E-state index is 11.9. The molecule has 1 heterocycles. The van der Waals surface area contributed by atoms with Crippen LogP contribution in [0.3, 0.4) is 0 Å². The Hall–Kier alpha value is -1.08. The predicted molar refractivity (Wildman–Crippen MR) is 68.9 cm³/mol. The van der Waals surface area contributed by atoms with Gasteiger partial charge in [0.15, 0.2) is 5.78 Å². The summed E-state index contributed by atoms with van der Waals surface area (Å²) in [5.41, 5.74) is 1.67. The summed E-state index contributed by atoms with van der Waals surface area (Å²) < 4.78 is 46.3. The second kappa shape index (κ2) is 6.13. The third-order valence-corrected chi connectivity index (χ3v) is 3.20. The van der Waals surface area contributed by atoms with Crippen molar-refractivity contribution >= 4 is 21.7 Å². The third-order valence-electron chi connectivity index (χ3n) is 2.74. The van der Waals surface area contributed by atoms with Crippen LogP contribution in [0.15, 0.2) is 16.6 Å². The molecule has 0 fully saturated rings. The summed E-state index contributed by atoms with van der Waals surface area (Å²) in [4.78, 5) is 11.6.